The minimum atomic E-state index is -0.470. The fourth-order valence-electron chi connectivity index (χ4n) is 6.03. The molecule has 0 radical (unpaired) electrons. The molecule has 5 rings (SSSR count). The fourth-order valence-corrected chi connectivity index (χ4v) is 6.03. The molecule has 4 bridgehead atoms. The van der Waals surface area contributed by atoms with E-state index >= 15 is 0 Å². The Morgan fingerprint density at radius 2 is 1.65 bits per heavy atom. The fraction of sp³-hybridized carbons (Fsp3) is 0.923. The van der Waals surface area contributed by atoms with Gasteiger partial charge in [0.2, 0.25) is 0 Å². The third-order valence-corrected chi connectivity index (χ3v) is 6.26. The topological polar surface area (TPSA) is 55.8 Å². The maximum atomic E-state index is 11.2. The number of aliphatic hydroxyl groups is 1. The van der Waals surface area contributed by atoms with Crippen LogP contribution in [0.5, 0.6) is 0 Å². The molecule has 1 aliphatic heterocycles. The molecule has 92 valence electrons. The van der Waals surface area contributed by atoms with Crippen LogP contribution in [0.25, 0.3) is 0 Å². The summed E-state index contributed by atoms with van der Waals surface area (Å²) in [5, 5.41) is 10.0. The molecule has 0 aromatic rings. The molecule has 4 saturated carbocycles. The Hall–Kier alpha value is -0.770. The zero-order chi connectivity index (χ0) is 11.3. The van der Waals surface area contributed by atoms with E-state index in [9.17, 15) is 9.90 Å². The normalized spacial score (nSPS) is 65.7. The zero-order valence-electron chi connectivity index (χ0n) is 9.49. The molecule has 5 aliphatic rings. The number of fused-ring (bicyclic) bond motifs is 12. The Kier molecular flexibility index (Phi) is 1.42. The van der Waals surface area contributed by atoms with Crippen LogP contribution in [0.2, 0.25) is 0 Å². The van der Waals surface area contributed by atoms with E-state index in [1.165, 1.54) is 6.42 Å². The molecule has 9 atom stereocenters. The van der Waals surface area contributed by atoms with Crippen molar-refractivity contribution in [3.63, 3.8) is 0 Å². The van der Waals surface area contributed by atoms with Crippen molar-refractivity contribution in [3.8, 4) is 0 Å². The maximum Gasteiger partial charge on any atom is 0.509 e. The highest BCUT2D eigenvalue weighted by molar-refractivity contribution is 5.63. The summed E-state index contributed by atoms with van der Waals surface area (Å²) in [4.78, 5) is 11.2. The van der Waals surface area contributed by atoms with E-state index in [1.54, 1.807) is 0 Å². The molecule has 17 heavy (non-hydrogen) atoms. The molecule has 1 N–H and O–H groups in total. The number of hydrogen-bond donors (Lipinski definition) is 1. The average molecular weight is 236 g/mol. The van der Waals surface area contributed by atoms with Gasteiger partial charge in [0.25, 0.3) is 0 Å². The van der Waals surface area contributed by atoms with Crippen molar-refractivity contribution in [1.82, 2.24) is 0 Å². The Bertz CT molecular complexity index is 408. The summed E-state index contributed by atoms with van der Waals surface area (Å²) in [5.41, 5.74) is 0. The van der Waals surface area contributed by atoms with Crippen LogP contribution >= 0.6 is 0 Å². The summed E-state index contributed by atoms with van der Waals surface area (Å²) in [5.74, 6) is 3.43. The van der Waals surface area contributed by atoms with Gasteiger partial charge in [-0.05, 0) is 42.9 Å². The molecular weight excluding hydrogens is 220 g/mol. The summed E-state index contributed by atoms with van der Waals surface area (Å²) in [7, 11) is 0. The van der Waals surface area contributed by atoms with Gasteiger partial charge in [-0.25, -0.2) is 4.79 Å². The Morgan fingerprint density at radius 3 is 2.41 bits per heavy atom. The zero-order valence-corrected chi connectivity index (χ0v) is 9.49. The first-order chi connectivity index (χ1) is 8.24. The van der Waals surface area contributed by atoms with Crippen molar-refractivity contribution in [1.29, 1.82) is 0 Å². The Balaban J connectivity index is 1.55. The highest BCUT2D eigenvalue weighted by atomic mass is 16.8. The van der Waals surface area contributed by atoms with Crippen LogP contribution in [0.4, 0.5) is 4.79 Å². The van der Waals surface area contributed by atoms with Crippen molar-refractivity contribution < 1.29 is 19.4 Å². The quantitative estimate of drug-likeness (QED) is 0.507. The Morgan fingerprint density at radius 1 is 0.941 bits per heavy atom. The number of rotatable bonds is 0. The van der Waals surface area contributed by atoms with Crippen LogP contribution in [0.1, 0.15) is 19.3 Å². The number of carbonyl (C=O) groups is 1. The lowest BCUT2D eigenvalue weighted by molar-refractivity contribution is -0.0297. The second kappa shape index (κ2) is 2.63. The second-order valence-electron chi connectivity index (χ2n) is 6.60. The van der Waals surface area contributed by atoms with Crippen LogP contribution in [-0.2, 0) is 9.47 Å². The molecule has 0 amide bonds. The third-order valence-electron chi connectivity index (χ3n) is 6.26. The molecule has 4 heteroatoms. The van der Waals surface area contributed by atoms with E-state index in [2.05, 4.69) is 0 Å². The molecule has 4 nitrogen and oxygen atoms in total. The first kappa shape index (κ1) is 9.20. The van der Waals surface area contributed by atoms with Gasteiger partial charge in [0.05, 0.1) is 6.10 Å². The summed E-state index contributed by atoms with van der Waals surface area (Å²) in [6, 6.07) is 0. The average Bonchev–Trinajstić information content (AvgIpc) is 2.94. The number of hydrogen-bond acceptors (Lipinski definition) is 4. The van der Waals surface area contributed by atoms with Crippen LogP contribution in [-0.4, -0.2) is 29.6 Å². The lowest BCUT2D eigenvalue weighted by Crippen LogP contribution is -2.45. The van der Waals surface area contributed by atoms with Gasteiger partial charge in [0, 0.05) is 11.8 Å². The van der Waals surface area contributed by atoms with Crippen molar-refractivity contribution in [2.24, 2.45) is 35.5 Å². The largest absolute Gasteiger partial charge is 0.509 e. The monoisotopic (exact) mass is 236 g/mol. The summed E-state index contributed by atoms with van der Waals surface area (Å²) >= 11 is 0. The molecule has 0 aromatic heterocycles. The van der Waals surface area contributed by atoms with E-state index < -0.39 is 6.16 Å². The highest BCUT2D eigenvalue weighted by Crippen LogP contribution is 2.68. The Labute approximate surface area is 99.3 Å². The first-order valence-corrected chi connectivity index (χ1v) is 6.79. The van der Waals surface area contributed by atoms with E-state index in [0.29, 0.717) is 35.5 Å². The molecular formula is C13H16O4. The van der Waals surface area contributed by atoms with Crippen LogP contribution in [0.3, 0.4) is 0 Å². The van der Waals surface area contributed by atoms with Gasteiger partial charge in [-0.15, -0.1) is 0 Å². The minimum absolute atomic E-state index is 0.000278. The first-order valence-electron chi connectivity index (χ1n) is 6.79. The second-order valence-corrected chi connectivity index (χ2v) is 6.60. The van der Waals surface area contributed by atoms with Crippen molar-refractivity contribution in [3.05, 3.63) is 0 Å². The van der Waals surface area contributed by atoms with Gasteiger partial charge >= 0.3 is 6.16 Å². The van der Waals surface area contributed by atoms with Gasteiger partial charge in [0.1, 0.15) is 12.2 Å². The van der Waals surface area contributed by atoms with E-state index in [-0.39, 0.29) is 18.3 Å². The molecule has 4 aliphatic carbocycles. The summed E-state index contributed by atoms with van der Waals surface area (Å²) in [6.07, 6.45) is 2.78. The maximum absolute atomic E-state index is 11.2. The standard InChI is InChI=1S/C13H16O4/c14-8-2-4-1-5(8)10-7-3-6(9(4)10)11-12(7)17-13(15)16-11/h4-12,14H,1-3H2. The molecule has 0 spiro atoms. The van der Waals surface area contributed by atoms with Crippen LogP contribution in [0.15, 0.2) is 0 Å². The summed E-state index contributed by atoms with van der Waals surface area (Å²) in [6.45, 7) is 0. The molecule has 1 heterocycles. The number of ether oxygens (including phenoxy) is 2. The van der Waals surface area contributed by atoms with Crippen LogP contribution < -0.4 is 0 Å². The number of carbonyl (C=O) groups excluding carboxylic acids is 1. The molecule has 1 saturated heterocycles. The minimum Gasteiger partial charge on any atom is -0.427 e. The van der Waals surface area contributed by atoms with E-state index in [1.807, 2.05) is 0 Å². The summed E-state index contributed by atoms with van der Waals surface area (Å²) < 4.78 is 10.7. The van der Waals surface area contributed by atoms with Crippen molar-refractivity contribution in [2.45, 2.75) is 37.6 Å². The van der Waals surface area contributed by atoms with Gasteiger partial charge < -0.3 is 14.6 Å². The highest BCUT2D eigenvalue weighted by Gasteiger charge is 2.71. The molecule has 9 unspecified atom stereocenters. The lowest BCUT2D eigenvalue weighted by Gasteiger charge is -2.39. The molecule has 0 aromatic carbocycles. The third kappa shape index (κ3) is 0.874. The predicted molar refractivity (Wildman–Crippen MR) is 55.9 cm³/mol. The van der Waals surface area contributed by atoms with Crippen LogP contribution in [0, 0.1) is 35.5 Å². The van der Waals surface area contributed by atoms with E-state index in [4.69, 9.17) is 9.47 Å². The molecule has 5 fully saturated rings. The number of aliphatic hydroxyl groups excluding tert-OH is 1. The van der Waals surface area contributed by atoms with Gasteiger partial charge in [0.15, 0.2) is 0 Å². The van der Waals surface area contributed by atoms with Gasteiger partial charge in [-0.1, -0.05) is 0 Å². The SMILES string of the molecule is O=C1OC2C3CC(C2O1)C1C2CC(CC2O)C31. The smallest absolute Gasteiger partial charge is 0.427 e. The predicted octanol–water partition coefficient (Wildman–Crippen LogP) is 1.17. The van der Waals surface area contributed by atoms with E-state index in [0.717, 1.165) is 12.8 Å². The van der Waals surface area contributed by atoms with Gasteiger partial charge in [-0.2, -0.15) is 0 Å². The van der Waals surface area contributed by atoms with Crippen molar-refractivity contribution in [2.75, 3.05) is 0 Å². The van der Waals surface area contributed by atoms with Crippen molar-refractivity contribution >= 4 is 6.16 Å². The van der Waals surface area contributed by atoms with Gasteiger partial charge in [-0.3, -0.25) is 0 Å². The lowest BCUT2D eigenvalue weighted by atomic mass is 9.68.